The van der Waals surface area contributed by atoms with Gasteiger partial charge in [-0.25, -0.2) is 0 Å². The van der Waals surface area contributed by atoms with Gasteiger partial charge in [0.05, 0.1) is 24.1 Å². The molecule has 0 radical (unpaired) electrons. The smallest absolute Gasteiger partial charge is 0.133 e. The van der Waals surface area contributed by atoms with Crippen molar-refractivity contribution in [3.05, 3.63) is 44.6 Å². The second kappa shape index (κ2) is 5.95. The molecular weight excluding hydrogens is 336 g/mol. The Morgan fingerprint density at radius 2 is 1.94 bits per heavy atom. The average Bonchev–Trinajstić information content (AvgIpc) is 2.91. The maximum atomic E-state index is 6.50. The molecule has 1 heterocycles. The van der Waals surface area contributed by atoms with E-state index in [9.17, 15) is 0 Å². The number of rotatable bonds is 4. The van der Waals surface area contributed by atoms with Crippen molar-refractivity contribution < 1.29 is 9.47 Å². The Balaban J connectivity index is 2.48. The second-order valence-corrected chi connectivity index (χ2v) is 5.88. The summed E-state index contributed by atoms with van der Waals surface area (Å²) in [6, 6.07) is 7.77. The Hall–Kier alpha value is -0.710. The number of ether oxygens (including phenoxy) is 2. The fourth-order valence-corrected chi connectivity index (χ4v) is 3.27. The zero-order valence-electron chi connectivity index (χ0n) is 9.94. The van der Waals surface area contributed by atoms with Crippen molar-refractivity contribution >= 4 is 38.9 Å². The van der Waals surface area contributed by atoms with Gasteiger partial charge in [0.2, 0.25) is 0 Å². The first-order chi connectivity index (χ1) is 8.67. The summed E-state index contributed by atoms with van der Waals surface area (Å²) in [7, 11) is 3.26. The SMILES string of the molecule is COc1cc(C(Cl)c2cccs2)c(OC)cc1Br. The summed E-state index contributed by atoms with van der Waals surface area (Å²) < 4.78 is 11.5. The Morgan fingerprint density at radius 1 is 1.22 bits per heavy atom. The van der Waals surface area contributed by atoms with E-state index in [1.807, 2.05) is 29.6 Å². The standard InChI is InChI=1S/C13H12BrClO2S/c1-16-10-7-9(14)11(17-2)6-8(10)13(15)12-4-3-5-18-12/h3-7,13H,1-2H3. The van der Waals surface area contributed by atoms with Gasteiger partial charge in [-0.1, -0.05) is 6.07 Å². The van der Waals surface area contributed by atoms with Gasteiger partial charge in [0.15, 0.2) is 0 Å². The van der Waals surface area contributed by atoms with Crippen molar-refractivity contribution in [1.29, 1.82) is 0 Å². The zero-order valence-corrected chi connectivity index (χ0v) is 13.1. The number of hydrogen-bond donors (Lipinski definition) is 0. The number of thiophene rings is 1. The molecule has 0 fully saturated rings. The molecule has 0 aliphatic heterocycles. The molecule has 0 amide bonds. The van der Waals surface area contributed by atoms with Crippen LogP contribution in [0, 0.1) is 0 Å². The van der Waals surface area contributed by atoms with Crippen LogP contribution in [0.25, 0.3) is 0 Å². The highest BCUT2D eigenvalue weighted by molar-refractivity contribution is 9.10. The molecule has 1 aromatic heterocycles. The minimum absolute atomic E-state index is 0.234. The van der Waals surface area contributed by atoms with Gasteiger partial charge >= 0.3 is 0 Å². The molecule has 1 atom stereocenters. The molecule has 18 heavy (non-hydrogen) atoms. The fourth-order valence-electron chi connectivity index (χ4n) is 1.67. The maximum Gasteiger partial charge on any atom is 0.133 e. The van der Waals surface area contributed by atoms with E-state index in [4.69, 9.17) is 21.1 Å². The summed E-state index contributed by atoms with van der Waals surface area (Å²) >= 11 is 11.6. The largest absolute Gasteiger partial charge is 0.496 e. The van der Waals surface area contributed by atoms with E-state index in [2.05, 4.69) is 15.9 Å². The predicted molar refractivity (Wildman–Crippen MR) is 79.3 cm³/mol. The van der Waals surface area contributed by atoms with Crippen LogP contribution in [0.4, 0.5) is 0 Å². The quantitative estimate of drug-likeness (QED) is 0.736. The van der Waals surface area contributed by atoms with E-state index in [-0.39, 0.29) is 5.38 Å². The number of methoxy groups -OCH3 is 2. The first-order valence-corrected chi connectivity index (χ1v) is 7.37. The van der Waals surface area contributed by atoms with E-state index >= 15 is 0 Å². The van der Waals surface area contributed by atoms with Crippen LogP contribution >= 0.6 is 38.9 Å². The van der Waals surface area contributed by atoms with E-state index in [1.54, 1.807) is 25.6 Å². The summed E-state index contributed by atoms with van der Waals surface area (Å²) in [6.45, 7) is 0. The molecule has 0 saturated carbocycles. The van der Waals surface area contributed by atoms with Crippen LogP contribution in [0.5, 0.6) is 11.5 Å². The molecular formula is C13H12BrClO2S. The van der Waals surface area contributed by atoms with Crippen molar-refractivity contribution in [2.24, 2.45) is 0 Å². The molecule has 0 aliphatic rings. The lowest BCUT2D eigenvalue weighted by Gasteiger charge is -2.15. The first kappa shape index (κ1) is 13.7. The van der Waals surface area contributed by atoms with Crippen LogP contribution in [0.2, 0.25) is 0 Å². The van der Waals surface area contributed by atoms with Crippen LogP contribution in [0.3, 0.4) is 0 Å². The predicted octanol–water partition coefficient (Wildman–Crippen LogP) is 4.86. The van der Waals surface area contributed by atoms with Crippen molar-refractivity contribution in [3.8, 4) is 11.5 Å². The number of halogens is 2. The van der Waals surface area contributed by atoms with Crippen LogP contribution in [0.1, 0.15) is 15.8 Å². The molecule has 96 valence electrons. The average molecular weight is 348 g/mol. The Labute approximate surface area is 124 Å². The molecule has 1 aromatic carbocycles. The highest BCUT2D eigenvalue weighted by Crippen LogP contribution is 2.41. The second-order valence-electron chi connectivity index (χ2n) is 3.61. The fraction of sp³-hybridized carbons (Fsp3) is 0.231. The number of hydrogen-bond acceptors (Lipinski definition) is 3. The van der Waals surface area contributed by atoms with Crippen LogP contribution in [-0.2, 0) is 0 Å². The van der Waals surface area contributed by atoms with Gasteiger partial charge in [0, 0.05) is 10.4 Å². The maximum absolute atomic E-state index is 6.50. The summed E-state index contributed by atoms with van der Waals surface area (Å²) in [5.41, 5.74) is 0.904. The van der Waals surface area contributed by atoms with E-state index in [0.717, 1.165) is 26.4 Å². The lowest BCUT2D eigenvalue weighted by atomic mass is 10.1. The van der Waals surface area contributed by atoms with Crippen molar-refractivity contribution in [3.63, 3.8) is 0 Å². The van der Waals surface area contributed by atoms with Crippen LogP contribution in [-0.4, -0.2) is 14.2 Å². The van der Waals surface area contributed by atoms with Crippen molar-refractivity contribution in [2.75, 3.05) is 14.2 Å². The molecule has 2 rings (SSSR count). The minimum Gasteiger partial charge on any atom is -0.496 e. The van der Waals surface area contributed by atoms with Gasteiger partial charge in [0.25, 0.3) is 0 Å². The highest BCUT2D eigenvalue weighted by atomic mass is 79.9. The van der Waals surface area contributed by atoms with Gasteiger partial charge in [-0.05, 0) is 39.5 Å². The first-order valence-electron chi connectivity index (χ1n) is 5.26. The molecule has 0 aliphatic carbocycles. The Bertz CT molecular complexity index is 528. The summed E-state index contributed by atoms with van der Waals surface area (Å²) in [4.78, 5) is 1.08. The molecule has 2 aromatic rings. The monoisotopic (exact) mass is 346 g/mol. The third kappa shape index (κ3) is 2.66. The summed E-state index contributed by atoms with van der Waals surface area (Å²) in [5.74, 6) is 1.49. The molecule has 0 N–H and O–H groups in total. The Kier molecular flexibility index (Phi) is 4.54. The molecule has 5 heteroatoms. The molecule has 0 bridgehead atoms. The molecule has 0 spiro atoms. The van der Waals surface area contributed by atoms with Crippen molar-refractivity contribution in [2.45, 2.75) is 5.38 Å². The number of benzene rings is 1. The van der Waals surface area contributed by atoms with E-state index < -0.39 is 0 Å². The van der Waals surface area contributed by atoms with Gasteiger partial charge in [-0.2, -0.15) is 0 Å². The van der Waals surface area contributed by atoms with E-state index in [0.29, 0.717) is 0 Å². The van der Waals surface area contributed by atoms with Gasteiger partial charge < -0.3 is 9.47 Å². The van der Waals surface area contributed by atoms with Gasteiger partial charge in [0.1, 0.15) is 11.5 Å². The summed E-state index contributed by atoms with van der Waals surface area (Å²) in [6.07, 6.45) is 0. The van der Waals surface area contributed by atoms with Gasteiger partial charge in [-0.15, -0.1) is 22.9 Å². The summed E-state index contributed by atoms with van der Waals surface area (Å²) in [5, 5.41) is 1.77. The molecule has 2 nitrogen and oxygen atoms in total. The lowest BCUT2D eigenvalue weighted by Crippen LogP contribution is -1.98. The Morgan fingerprint density at radius 3 is 2.50 bits per heavy atom. The molecule has 0 saturated heterocycles. The lowest BCUT2D eigenvalue weighted by molar-refractivity contribution is 0.397. The molecule has 1 unspecified atom stereocenters. The normalized spacial score (nSPS) is 12.2. The third-order valence-electron chi connectivity index (χ3n) is 2.57. The topological polar surface area (TPSA) is 18.5 Å². The van der Waals surface area contributed by atoms with Crippen LogP contribution in [0.15, 0.2) is 34.1 Å². The minimum atomic E-state index is -0.234. The highest BCUT2D eigenvalue weighted by Gasteiger charge is 2.19. The third-order valence-corrected chi connectivity index (χ3v) is 4.73. The number of alkyl halides is 1. The van der Waals surface area contributed by atoms with Crippen LogP contribution < -0.4 is 9.47 Å². The zero-order chi connectivity index (χ0) is 13.1. The van der Waals surface area contributed by atoms with Crippen molar-refractivity contribution in [1.82, 2.24) is 0 Å². The van der Waals surface area contributed by atoms with Gasteiger partial charge in [-0.3, -0.25) is 0 Å². The van der Waals surface area contributed by atoms with E-state index in [1.165, 1.54) is 0 Å².